The van der Waals surface area contributed by atoms with E-state index >= 15 is 0 Å². The lowest BCUT2D eigenvalue weighted by Gasteiger charge is -2.00. The average molecular weight is 303 g/mol. The molecule has 0 N–H and O–H groups in total. The summed E-state index contributed by atoms with van der Waals surface area (Å²) in [6.07, 6.45) is 18.2. The molecule has 1 aliphatic rings. The number of hydrogen-bond acceptors (Lipinski definition) is 1. The second-order valence-corrected chi connectivity index (χ2v) is 6.31. The summed E-state index contributed by atoms with van der Waals surface area (Å²) in [4.78, 5) is 10.4. The molecule has 0 radical (unpaired) electrons. The number of carbonyl (C=O) groups is 1. The number of allylic oxidation sites excluding steroid dienone is 8. The Morgan fingerprint density at radius 1 is 1.05 bits per heavy atom. The molecule has 0 atom stereocenters. The third-order valence-electron chi connectivity index (χ3n) is 3.71. The van der Waals surface area contributed by atoms with Crippen molar-refractivity contribution in [2.45, 2.75) is 79.6 Å². The van der Waals surface area contributed by atoms with Crippen LogP contribution in [0, 0.1) is 0 Å². The van der Waals surface area contributed by atoms with Gasteiger partial charge in [0.1, 0.15) is 0 Å². The van der Waals surface area contributed by atoms with Gasteiger partial charge in [-0.15, -0.1) is 0 Å². The standard InChI is InChI=1S/C15H26.C6H8O/c1-6-14(4)10-8-12-15(5)11-7-9-13(2)3;7-6-4-2-1-3-5-6/h6,9,12H,7-8,10-11H2,1-5H3;2,4H,1,3,5H2. The molecule has 1 aliphatic carbocycles. The second kappa shape index (κ2) is 13.3. The Labute approximate surface area is 137 Å². The lowest BCUT2D eigenvalue weighted by molar-refractivity contribution is -0.114. The van der Waals surface area contributed by atoms with E-state index in [9.17, 15) is 4.79 Å². The molecule has 1 nitrogen and oxygen atoms in total. The summed E-state index contributed by atoms with van der Waals surface area (Å²) in [6.45, 7) is 10.9. The summed E-state index contributed by atoms with van der Waals surface area (Å²) in [7, 11) is 0. The fourth-order valence-corrected chi connectivity index (χ4v) is 2.07. The molecule has 0 aromatic rings. The highest BCUT2D eigenvalue weighted by molar-refractivity contribution is 5.90. The van der Waals surface area contributed by atoms with Gasteiger partial charge >= 0.3 is 0 Å². The van der Waals surface area contributed by atoms with E-state index in [-0.39, 0.29) is 5.78 Å². The van der Waals surface area contributed by atoms with Crippen molar-refractivity contribution in [3.05, 3.63) is 47.1 Å². The van der Waals surface area contributed by atoms with Gasteiger partial charge in [0.05, 0.1) is 0 Å². The van der Waals surface area contributed by atoms with Crippen LogP contribution in [0.15, 0.2) is 47.1 Å². The Balaban J connectivity index is 0.000000518. The predicted molar refractivity (Wildman–Crippen MR) is 99.1 cm³/mol. The topological polar surface area (TPSA) is 17.1 Å². The second-order valence-electron chi connectivity index (χ2n) is 6.31. The zero-order chi connectivity index (χ0) is 16.8. The third kappa shape index (κ3) is 13.6. The minimum Gasteiger partial charge on any atom is -0.295 e. The molecule has 0 amide bonds. The molecule has 0 bridgehead atoms. The molecule has 0 aromatic heterocycles. The predicted octanol–water partition coefficient (Wildman–Crippen LogP) is 6.72. The van der Waals surface area contributed by atoms with Crippen molar-refractivity contribution in [2.75, 3.05) is 0 Å². The normalized spacial score (nSPS) is 15.2. The molecule has 0 unspecified atom stereocenters. The van der Waals surface area contributed by atoms with Gasteiger partial charge < -0.3 is 0 Å². The van der Waals surface area contributed by atoms with Crippen LogP contribution in [-0.4, -0.2) is 5.78 Å². The van der Waals surface area contributed by atoms with E-state index in [1.165, 1.54) is 42.4 Å². The molecule has 0 spiro atoms. The minimum absolute atomic E-state index is 0.284. The fraction of sp³-hybridized carbons (Fsp3) is 0.571. The van der Waals surface area contributed by atoms with Crippen molar-refractivity contribution in [3.63, 3.8) is 0 Å². The molecule has 0 saturated carbocycles. The maximum absolute atomic E-state index is 10.4. The van der Waals surface area contributed by atoms with Gasteiger partial charge in [0, 0.05) is 6.42 Å². The highest BCUT2D eigenvalue weighted by Gasteiger charge is 1.98. The Bertz CT molecular complexity index is 429. The Morgan fingerprint density at radius 3 is 2.14 bits per heavy atom. The van der Waals surface area contributed by atoms with Gasteiger partial charge in [0.2, 0.25) is 0 Å². The number of ketones is 1. The van der Waals surface area contributed by atoms with E-state index in [0.717, 1.165) is 19.3 Å². The van der Waals surface area contributed by atoms with Crippen LogP contribution in [0.3, 0.4) is 0 Å². The molecule has 0 aliphatic heterocycles. The molecule has 1 rings (SSSR count). The van der Waals surface area contributed by atoms with Crippen molar-refractivity contribution < 1.29 is 4.79 Å². The maximum Gasteiger partial charge on any atom is 0.155 e. The summed E-state index contributed by atoms with van der Waals surface area (Å²) >= 11 is 0. The largest absolute Gasteiger partial charge is 0.295 e. The Morgan fingerprint density at radius 2 is 1.68 bits per heavy atom. The summed E-state index contributed by atoms with van der Waals surface area (Å²) in [5.74, 6) is 0.284. The third-order valence-corrected chi connectivity index (χ3v) is 3.71. The summed E-state index contributed by atoms with van der Waals surface area (Å²) in [5.41, 5.74) is 4.44. The van der Waals surface area contributed by atoms with Gasteiger partial charge in [0.15, 0.2) is 5.78 Å². The van der Waals surface area contributed by atoms with Crippen LogP contribution in [0.5, 0.6) is 0 Å². The molecular formula is C21H34O. The van der Waals surface area contributed by atoms with Gasteiger partial charge in [-0.05, 0) is 79.2 Å². The molecule has 1 heteroatoms. The monoisotopic (exact) mass is 302 g/mol. The summed E-state index contributed by atoms with van der Waals surface area (Å²) in [5, 5.41) is 0. The van der Waals surface area contributed by atoms with E-state index in [4.69, 9.17) is 0 Å². The molecule has 0 heterocycles. The lowest BCUT2D eigenvalue weighted by Crippen LogP contribution is -1.95. The van der Waals surface area contributed by atoms with Crippen LogP contribution in [0.1, 0.15) is 79.6 Å². The SMILES string of the molecule is CC=C(C)CCC=C(C)CCC=C(C)C.O=C1C=CCCC1. The van der Waals surface area contributed by atoms with Gasteiger partial charge in [-0.25, -0.2) is 0 Å². The van der Waals surface area contributed by atoms with Crippen molar-refractivity contribution in [1.29, 1.82) is 0 Å². The van der Waals surface area contributed by atoms with Gasteiger partial charge in [0.25, 0.3) is 0 Å². The van der Waals surface area contributed by atoms with Crippen molar-refractivity contribution in [1.82, 2.24) is 0 Å². The van der Waals surface area contributed by atoms with Crippen LogP contribution < -0.4 is 0 Å². The first kappa shape index (κ1) is 20.6. The van der Waals surface area contributed by atoms with Gasteiger partial charge in [-0.3, -0.25) is 4.79 Å². The van der Waals surface area contributed by atoms with E-state index in [1.54, 1.807) is 6.08 Å². The summed E-state index contributed by atoms with van der Waals surface area (Å²) in [6, 6.07) is 0. The van der Waals surface area contributed by atoms with Crippen molar-refractivity contribution >= 4 is 5.78 Å². The first-order chi connectivity index (χ1) is 10.5. The first-order valence-corrected chi connectivity index (χ1v) is 8.55. The van der Waals surface area contributed by atoms with Crippen LogP contribution in [0.2, 0.25) is 0 Å². The van der Waals surface area contributed by atoms with Crippen LogP contribution in [0.25, 0.3) is 0 Å². The summed E-state index contributed by atoms with van der Waals surface area (Å²) < 4.78 is 0. The maximum atomic E-state index is 10.4. The van der Waals surface area contributed by atoms with E-state index in [0.29, 0.717) is 0 Å². The first-order valence-electron chi connectivity index (χ1n) is 8.55. The molecule has 0 saturated heterocycles. The highest BCUT2D eigenvalue weighted by Crippen LogP contribution is 2.11. The molecule has 0 fully saturated rings. The smallest absolute Gasteiger partial charge is 0.155 e. The molecule has 124 valence electrons. The zero-order valence-corrected chi connectivity index (χ0v) is 15.2. The van der Waals surface area contributed by atoms with E-state index in [1.807, 2.05) is 6.08 Å². The number of hydrogen-bond donors (Lipinski definition) is 0. The van der Waals surface area contributed by atoms with Crippen LogP contribution in [-0.2, 0) is 4.79 Å². The molecule has 0 aromatic carbocycles. The van der Waals surface area contributed by atoms with Crippen LogP contribution in [0.4, 0.5) is 0 Å². The van der Waals surface area contributed by atoms with E-state index in [2.05, 4.69) is 52.8 Å². The van der Waals surface area contributed by atoms with Gasteiger partial charge in [-0.2, -0.15) is 0 Å². The quantitative estimate of drug-likeness (QED) is 0.498. The number of rotatable bonds is 6. The Kier molecular flexibility index (Phi) is 12.5. The fourth-order valence-electron chi connectivity index (χ4n) is 2.07. The zero-order valence-electron chi connectivity index (χ0n) is 15.2. The number of carbonyl (C=O) groups excluding carboxylic acids is 1. The van der Waals surface area contributed by atoms with Crippen LogP contribution >= 0.6 is 0 Å². The molecule has 22 heavy (non-hydrogen) atoms. The van der Waals surface area contributed by atoms with Crippen molar-refractivity contribution in [3.8, 4) is 0 Å². The van der Waals surface area contributed by atoms with E-state index < -0.39 is 0 Å². The lowest BCUT2D eigenvalue weighted by atomic mass is 10.1. The van der Waals surface area contributed by atoms with Gasteiger partial charge in [-0.1, -0.05) is 41.0 Å². The Hall–Kier alpha value is -1.37. The van der Waals surface area contributed by atoms with Crippen molar-refractivity contribution in [2.24, 2.45) is 0 Å². The molecular weight excluding hydrogens is 268 g/mol. The highest BCUT2D eigenvalue weighted by atomic mass is 16.1. The average Bonchev–Trinajstić information content (AvgIpc) is 2.48. The minimum atomic E-state index is 0.284.